The predicted octanol–water partition coefficient (Wildman–Crippen LogP) is 4.17. The van der Waals surface area contributed by atoms with Crippen molar-refractivity contribution in [3.05, 3.63) is 53.0 Å². The van der Waals surface area contributed by atoms with Crippen LogP contribution in [0.4, 0.5) is 10.5 Å². The van der Waals surface area contributed by atoms with Crippen LogP contribution in [0.3, 0.4) is 0 Å². The number of hydrogen-bond acceptors (Lipinski definition) is 5. The smallest absolute Gasteiger partial charge is 0.322 e. The number of likely N-dealkylation sites (tertiary alicyclic amines) is 1. The van der Waals surface area contributed by atoms with Crippen LogP contribution in [0.2, 0.25) is 0 Å². The quantitative estimate of drug-likeness (QED) is 0.777. The number of hydrogen-bond donors (Lipinski definition) is 1. The average Bonchev–Trinajstić information content (AvgIpc) is 3.35. The van der Waals surface area contributed by atoms with Gasteiger partial charge in [-0.1, -0.05) is 6.07 Å². The Morgan fingerprint density at radius 1 is 1.38 bits per heavy atom. The van der Waals surface area contributed by atoms with Crippen molar-refractivity contribution in [2.75, 3.05) is 11.9 Å². The molecule has 3 heterocycles. The maximum absolute atomic E-state index is 12.7. The van der Waals surface area contributed by atoms with Crippen molar-refractivity contribution in [3.8, 4) is 11.5 Å². The fourth-order valence-electron chi connectivity index (χ4n) is 3.05. The van der Waals surface area contributed by atoms with Gasteiger partial charge in [-0.15, -0.1) is 10.2 Å². The summed E-state index contributed by atoms with van der Waals surface area (Å²) in [5, 5.41) is 14.7. The van der Waals surface area contributed by atoms with E-state index in [4.69, 9.17) is 4.42 Å². The normalized spacial score (nSPS) is 17.2. The molecule has 1 aliphatic heterocycles. The second-order valence-electron chi connectivity index (χ2n) is 5.66. The zero-order valence-electron chi connectivity index (χ0n) is 12.9. The molecule has 1 saturated heterocycles. The van der Waals surface area contributed by atoms with E-state index in [1.54, 1.807) is 11.3 Å². The van der Waals surface area contributed by atoms with Crippen LogP contribution in [0.5, 0.6) is 0 Å². The maximum atomic E-state index is 12.7. The number of rotatable bonds is 3. The monoisotopic (exact) mass is 340 g/mol. The molecule has 0 bridgehead atoms. The van der Waals surface area contributed by atoms with Gasteiger partial charge in [0, 0.05) is 17.8 Å². The molecule has 2 aromatic heterocycles. The minimum absolute atomic E-state index is 0.0774. The van der Waals surface area contributed by atoms with E-state index < -0.39 is 0 Å². The number of thiophene rings is 1. The van der Waals surface area contributed by atoms with Crippen LogP contribution < -0.4 is 5.32 Å². The van der Waals surface area contributed by atoms with Gasteiger partial charge in [-0.3, -0.25) is 0 Å². The summed E-state index contributed by atoms with van der Waals surface area (Å²) in [6, 6.07) is 9.59. The Kier molecular flexibility index (Phi) is 4.00. The molecule has 1 N–H and O–H groups in total. The molecular formula is C17H16N4O2S. The van der Waals surface area contributed by atoms with Crippen LogP contribution in [0, 0.1) is 0 Å². The second kappa shape index (κ2) is 6.45. The van der Waals surface area contributed by atoms with E-state index in [-0.39, 0.29) is 12.1 Å². The van der Waals surface area contributed by atoms with Gasteiger partial charge >= 0.3 is 6.03 Å². The molecule has 0 radical (unpaired) electrons. The number of carbonyl (C=O) groups is 1. The fraction of sp³-hybridized carbons (Fsp3) is 0.235. The molecule has 3 aromatic rings. The number of carbonyl (C=O) groups excluding carboxylic acids is 1. The van der Waals surface area contributed by atoms with Gasteiger partial charge in [0.1, 0.15) is 0 Å². The standard InChI is InChI=1S/C17H16N4O2S/c22-17(21-7-2-5-15(21)13-6-8-24-10-13)19-14-4-1-3-12(9-14)16-20-18-11-23-16/h1,3-4,6,8-11,15H,2,5,7H2,(H,19,22)/t15-/m1/s1. The van der Waals surface area contributed by atoms with Crippen molar-refractivity contribution < 1.29 is 9.21 Å². The summed E-state index contributed by atoms with van der Waals surface area (Å²) < 4.78 is 5.20. The van der Waals surface area contributed by atoms with Crippen LogP contribution in [0.15, 0.2) is 51.9 Å². The molecule has 122 valence electrons. The van der Waals surface area contributed by atoms with E-state index in [0.29, 0.717) is 11.6 Å². The van der Waals surface area contributed by atoms with Crippen LogP contribution in [0.25, 0.3) is 11.5 Å². The second-order valence-corrected chi connectivity index (χ2v) is 6.44. The number of amides is 2. The van der Waals surface area contributed by atoms with Gasteiger partial charge in [-0.05, 0) is 53.4 Å². The first-order chi connectivity index (χ1) is 11.8. The van der Waals surface area contributed by atoms with Crippen LogP contribution in [0.1, 0.15) is 24.4 Å². The topological polar surface area (TPSA) is 71.3 Å². The molecule has 7 heteroatoms. The van der Waals surface area contributed by atoms with Gasteiger partial charge in [-0.2, -0.15) is 11.3 Å². The van der Waals surface area contributed by atoms with E-state index in [9.17, 15) is 4.79 Å². The molecule has 0 spiro atoms. The number of urea groups is 1. The summed E-state index contributed by atoms with van der Waals surface area (Å²) >= 11 is 1.66. The molecule has 0 aliphatic carbocycles. The third-order valence-electron chi connectivity index (χ3n) is 4.16. The van der Waals surface area contributed by atoms with Crippen molar-refractivity contribution in [1.82, 2.24) is 15.1 Å². The van der Waals surface area contributed by atoms with E-state index in [1.165, 1.54) is 12.0 Å². The molecule has 2 amide bonds. The van der Waals surface area contributed by atoms with Crippen LogP contribution >= 0.6 is 11.3 Å². The Balaban J connectivity index is 1.51. The highest BCUT2D eigenvalue weighted by atomic mass is 32.1. The Labute approximate surface area is 143 Å². The van der Waals surface area contributed by atoms with Gasteiger partial charge in [0.05, 0.1) is 6.04 Å². The Morgan fingerprint density at radius 2 is 2.33 bits per heavy atom. The highest BCUT2D eigenvalue weighted by molar-refractivity contribution is 7.08. The first-order valence-corrected chi connectivity index (χ1v) is 8.72. The SMILES string of the molecule is O=C(Nc1cccc(-c2nnco2)c1)N1CCC[C@@H]1c1ccsc1. The lowest BCUT2D eigenvalue weighted by Crippen LogP contribution is -2.34. The molecule has 0 saturated carbocycles. The summed E-state index contributed by atoms with van der Waals surface area (Å²) in [7, 11) is 0. The molecule has 1 aromatic carbocycles. The molecule has 6 nitrogen and oxygen atoms in total. The first kappa shape index (κ1) is 14.9. The highest BCUT2D eigenvalue weighted by Gasteiger charge is 2.30. The van der Waals surface area contributed by atoms with Gasteiger partial charge < -0.3 is 14.6 Å². The minimum Gasteiger partial charge on any atom is -0.423 e. The first-order valence-electron chi connectivity index (χ1n) is 7.77. The van der Waals surface area contributed by atoms with Crippen LogP contribution in [-0.4, -0.2) is 27.7 Å². The fourth-order valence-corrected chi connectivity index (χ4v) is 3.75. The van der Waals surface area contributed by atoms with Gasteiger partial charge in [0.25, 0.3) is 0 Å². The van der Waals surface area contributed by atoms with Gasteiger partial charge in [0.15, 0.2) is 0 Å². The lowest BCUT2D eigenvalue weighted by atomic mass is 10.1. The molecule has 4 rings (SSSR count). The summed E-state index contributed by atoms with van der Waals surface area (Å²) in [4.78, 5) is 14.6. The number of nitrogens with one attached hydrogen (secondary N) is 1. The predicted molar refractivity (Wildman–Crippen MR) is 91.8 cm³/mol. The van der Waals surface area contributed by atoms with Crippen molar-refractivity contribution in [2.24, 2.45) is 0 Å². The average molecular weight is 340 g/mol. The van der Waals surface area contributed by atoms with E-state index >= 15 is 0 Å². The van der Waals surface area contributed by atoms with E-state index in [0.717, 1.165) is 24.9 Å². The summed E-state index contributed by atoms with van der Waals surface area (Å²) in [6.07, 6.45) is 3.32. The minimum atomic E-state index is -0.0774. The highest BCUT2D eigenvalue weighted by Crippen LogP contribution is 2.33. The summed E-state index contributed by atoms with van der Waals surface area (Å²) in [6.45, 7) is 0.774. The lowest BCUT2D eigenvalue weighted by Gasteiger charge is -2.24. The molecule has 0 unspecified atom stereocenters. The molecule has 24 heavy (non-hydrogen) atoms. The molecular weight excluding hydrogens is 324 g/mol. The third kappa shape index (κ3) is 2.90. The lowest BCUT2D eigenvalue weighted by molar-refractivity contribution is 0.207. The van der Waals surface area contributed by atoms with Gasteiger partial charge in [-0.25, -0.2) is 4.79 Å². The Bertz CT molecular complexity index is 817. The Hall–Kier alpha value is -2.67. The van der Waals surface area contributed by atoms with Crippen molar-refractivity contribution >= 4 is 23.1 Å². The molecule has 1 fully saturated rings. The van der Waals surface area contributed by atoms with E-state index in [1.807, 2.05) is 29.2 Å². The molecule has 1 atom stereocenters. The van der Waals surface area contributed by atoms with Crippen molar-refractivity contribution in [3.63, 3.8) is 0 Å². The van der Waals surface area contributed by atoms with Crippen molar-refractivity contribution in [1.29, 1.82) is 0 Å². The largest absolute Gasteiger partial charge is 0.423 e. The maximum Gasteiger partial charge on any atom is 0.322 e. The number of benzene rings is 1. The third-order valence-corrected chi connectivity index (χ3v) is 4.86. The zero-order valence-corrected chi connectivity index (χ0v) is 13.7. The summed E-state index contributed by atoms with van der Waals surface area (Å²) in [5.41, 5.74) is 2.71. The number of nitrogens with zero attached hydrogens (tertiary/aromatic N) is 3. The number of aromatic nitrogens is 2. The van der Waals surface area contributed by atoms with Gasteiger partial charge in [0.2, 0.25) is 12.3 Å². The Morgan fingerprint density at radius 3 is 3.12 bits per heavy atom. The van der Waals surface area contributed by atoms with Crippen molar-refractivity contribution in [2.45, 2.75) is 18.9 Å². The zero-order chi connectivity index (χ0) is 16.4. The van der Waals surface area contributed by atoms with Crippen LogP contribution in [-0.2, 0) is 0 Å². The molecule has 1 aliphatic rings. The van der Waals surface area contributed by atoms with E-state index in [2.05, 4.69) is 32.3 Å². The number of anilines is 1. The summed E-state index contributed by atoms with van der Waals surface area (Å²) in [5.74, 6) is 0.434.